The number of benzene rings is 2. The third-order valence-electron chi connectivity index (χ3n) is 4.24. The molecule has 1 amide bonds. The summed E-state index contributed by atoms with van der Waals surface area (Å²) in [5.74, 6) is -0.101. The Balaban J connectivity index is 1.80. The summed E-state index contributed by atoms with van der Waals surface area (Å²) >= 11 is 0. The second kappa shape index (κ2) is 11.7. The van der Waals surface area contributed by atoms with Crippen LogP contribution in [0.2, 0.25) is 0 Å². The van der Waals surface area contributed by atoms with Gasteiger partial charge in [0.2, 0.25) is 5.91 Å². The Labute approximate surface area is 169 Å². The van der Waals surface area contributed by atoms with Crippen LogP contribution in [0.25, 0.3) is 6.08 Å². The summed E-state index contributed by atoms with van der Waals surface area (Å²) in [5, 5.41) is 2.84. The van der Waals surface area contributed by atoms with Crippen LogP contribution in [0.4, 0.5) is 14.5 Å². The molecule has 0 saturated carbocycles. The van der Waals surface area contributed by atoms with E-state index in [4.69, 9.17) is 4.74 Å². The lowest BCUT2D eigenvalue weighted by atomic mass is 10.2. The first-order valence-electron chi connectivity index (χ1n) is 9.42. The highest BCUT2D eigenvalue weighted by Gasteiger charge is 2.10. The largest absolute Gasteiger partial charge is 0.493 e. The second-order valence-electron chi connectivity index (χ2n) is 6.18. The van der Waals surface area contributed by atoms with Crippen molar-refractivity contribution in [2.24, 2.45) is 0 Å². The molecule has 2 rings (SSSR count). The number of methoxy groups -OCH3 is 1. The molecule has 0 heterocycles. The maximum atomic E-state index is 12.4. The van der Waals surface area contributed by atoms with Crippen molar-refractivity contribution < 1.29 is 23.0 Å². The van der Waals surface area contributed by atoms with Crippen molar-refractivity contribution in [3.05, 3.63) is 60.2 Å². The van der Waals surface area contributed by atoms with Gasteiger partial charge in [0, 0.05) is 31.4 Å². The van der Waals surface area contributed by atoms with Crippen molar-refractivity contribution >= 4 is 17.7 Å². The maximum absolute atomic E-state index is 12.4. The smallest absolute Gasteiger partial charge is 0.387 e. The number of halogens is 2. The standard InChI is InChI=1S/C22H26F2N2O3/c1-3-26(18-8-5-4-6-9-18)15-7-14-25-21(27)13-11-17-10-12-19(29-22(23)24)20(16-17)28-2/h4-6,8-13,16,22H,3,7,14-15H2,1-2H3,(H,25,27)/b13-11+. The Morgan fingerprint density at radius 2 is 1.93 bits per heavy atom. The predicted octanol–water partition coefficient (Wildman–Crippen LogP) is 4.34. The molecule has 5 nitrogen and oxygen atoms in total. The summed E-state index contributed by atoms with van der Waals surface area (Å²) in [6.45, 7) is 1.46. The van der Waals surface area contributed by atoms with Crippen molar-refractivity contribution in [3.63, 3.8) is 0 Å². The number of hydrogen-bond donors (Lipinski definition) is 1. The van der Waals surface area contributed by atoms with E-state index in [1.165, 1.54) is 25.3 Å². The van der Waals surface area contributed by atoms with Gasteiger partial charge in [0.1, 0.15) is 0 Å². The van der Waals surface area contributed by atoms with Gasteiger partial charge >= 0.3 is 6.61 Å². The normalized spacial score (nSPS) is 10.9. The van der Waals surface area contributed by atoms with E-state index in [0.717, 1.165) is 25.2 Å². The van der Waals surface area contributed by atoms with E-state index in [-0.39, 0.29) is 17.4 Å². The van der Waals surface area contributed by atoms with Gasteiger partial charge in [-0.25, -0.2) is 0 Å². The van der Waals surface area contributed by atoms with Crippen LogP contribution in [0.15, 0.2) is 54.6 Å². The maximum Gasteiger partial charge on any atom is 0.387 e. The average molecular weight is 404 g/mol. The number of ether oxygens (including phenoxy) is 2. The lowest BCUT2D eigenvalue weighted by Gasteiger charge is -2.23. The molecule has 0 atom stereocenters. The summed E-state index contributed by atoms with van der Waals surface area (Å²) in [5.41, 5.74) is 1.80. The van der Waals surface area contributed by atoms with Gasteiger partial charge in [0.15, 0.2) is 11.5 Å². The summed E-state index contributed by atoms with van der Waals surface area (Å²) in [4.78, 5) is 14.2. The van der Waals surface area contributed by atoms with E-state index >= 15 is 0 Å². The van der Waals surface area contributed by atoms with Crippen LogP contribution in [0.3, 0.4) is 0 Å². The molecule has 0 spiro atoms. The van der Waals surface area contributed by atoms with E-state index in [9.17, 15) is 13.6 Å². The lowest BCUT2D eigenvalue weighted by molar-refractivity contribution is -0.116. The summed E-state index contributed by atoms with van der Waals surface area (Å²) in [6.07, 6.45) is 3.80. The Morgan fingerprint density at radius 3 is 2.59 bits per heavy atom. The van der Waals surface area contributed by atoms with E-state index < -0.39 is 6.61 Å². The molecule has 156 valence electrons. The van der Waals surface area contributed by atoms with Crippen LogP contribution in [-0.2, 0) is 4.79 Å². The number of anilines is 1. The number of alkyl halides is 2. The van der Waals surface area contributed by atoms with Gasteiger partial charge in [-0.2, -0.15) is 8.78 Å². The van der Waals surface area contributed by atoms with Gasteiger partial charge in [-0.1, -0.05) is 24.3 Å². The predicted molar refractivity (Wildman–Crippen MR) is 111 cm³/mol. The van der Waals surface area contributed by atoms with E-state index in [0.29, 0.717) is 12.1 Å². The molecule has 1 N–H and O–H groups in total. The van der Waals surface area contributed by atoms with Gasteiger partial charge in [-0.3, -0.25) is 4.79 Å². The Kier molecular flexibility index (Phi) is 8.95. The molecule has 0 bridgehead atoms. The molecule has 0 aliphatic carbocycles. The highest BCUT2D eigenvalue weighted by atomic mass is 19.3. The fraction of sp³-hybridized carbons (Fsp3) is 0.318. The average Bonchev–Trinajstić information content (AvgIpc) is 2.73. The first kappa shape index (κ1) is 22.2. The molecule has 0 radical (unpaired) electrons. The molecule has 2 aromatic rings. The van der Waals surface area contributed by atoms with Crippen LogP contribution in [0.5, 0.6) is 11.5 Å². The Morgan fingerprint density at radius 1 is 1.17 bits per heavy atom. The van der Waals surface area contributed by atoms with Crippen LogP contribution >= 0.6 is 0 Å². The fourth-order valence-corrected chi connectivity index (χ4v) is 2.80. The molecule has 0 saturated heterocycles. The van der Waals surface area contributed by atoms with Gasteiger partial charge in [0.05, 0.1) is 7.11 Å². The Bertz CT molecular complexity index is 798. The molecular weight excluding hydrogens is 378 g/mol. The highest BCUT2D eigenvalue weighted by Crippen LogP contribution is 2.29. The monoisotopic (exact) mass is 404 g/mol. The number of nitrogens with one attached hydrogen (secondary N) is 1. The van der Waals surface area contributed by atoms with Crippen LogP contribution in [0, 0.1) is 0 Å². The molecule has 29 heavy (non-hydrogen) atoms. The number of carbonyl (C=O) groups is 1. The molecule has 0 fully saturated rings. The number of nitrogens with zero attached hydrogens (tertiary/aromatic N) is 1. The van der Waals surface area contributed by atoms with Gasteiger partial charge in [-0.05, 0) is 49.2 Å². The summed E-state index contributed by atoms with van der Waals surface area (Å²) in [7, 11) is 1.36. The van der Waals surface area contributed by atoms with Crippen molar-refractivity contribution in [1.82, 2.24) is 5.32 Å². The molecule has 2 aromatic carbocycles. The number of amides is 1. The number of hydrogen-bond acceptors (Lipinski definition) is 4. The van der Waals surface area contributed by atoms with Gasteiger partial charge in [0.25, 0.3) is 0 Å². The van der Waals surface area contributed by atoms with Crippen LogP contribution in [0.1, 0.15) is 18.9 Å². The molecule has 0 aliphatic heterocycles. The summed E-state index contributed by atoms with van der Waals surface area (Å²) < 4.78 is 34.1. The van der Waals surface area contributed by atoms with E-state index in [1.807, 2.05) is 18.2 Å². The van der Waals surface area contributed by atoms with Crippen molar-refractivity contribution in [2.75, 3.05) is 31.6 Å². The van der Waals surface area contributed by atoms with Crippen molar-refractivity contribution in [2.45, 2.75) is 20.0 Å². The number of para-hydroxylation sites is 1. The minimum atomic E-state index is -2.93. The second-order valence-corrected chi connectivity index (χ2v) is 6.18. The molecule has 0 aromatic heterocycles. The zero-order valence-electron chi connectivity index (χ0n) is 16.6. The SMILES string of the molecule is CCN(CCCNC(=O)/C=C/c1ccc(OC(F)F)c(OC)c1)c1ccccc1. The third kappa shape index (κ3) is 7.44. The van der Waals surface area contributed by atoms with Crippen LogP contribution in [-0.4, -0.2) is 39.3 Å². The van der Waals surface area contributed by atoms with Gasteiger partial charge in [-0.15, -0.1) is 0 Å². The number of rotatable bonds is 11. The first-order chi connectivity index (χ1) is 14.0. The zero-order chi connectivity index (χ0) is 21.1. The fourth-order valence-electron chi connectivity index (χ4n) is 2.80. The van der Waals surface area contributed by atoms with Crippen LogP contribution < -0.4 is 19.7 Å². The third-order valence-corrected chi connectivity index (χ3v) is 4.24. The lowest BCUT2D eigenvalue weighted by Crippen LogP contribution is -2.29. The molecule has 0 unspecified atom stereocenters. The Hall–Kier alpha value is -3.09. The quantitative estimate of drug-likeness (QED) is 0.447. The minimum Gasteiger partial charge on any atom is -0.493 e. The molecule has 0 aliphatic rings. The topological polar surface area (TPSA) is 50.8 Å². The summed E-state index contributed by atoms with van der Waals surface area (Å²) in [6, 6.07) is 14.6. The van der Waals surface area contributed by atoms with Crippen molar-refractivity contribution in [1.29, 1.82) is 0 Å². The highest BCUT2D eigenvalue weighted by molar-refractivity contribution is 5.91. The first-order valence-corrected chi connectivity index (χ1v) is 9.42. The minimum absolute atomic E-state index is 0.0528. The molecule has 7 heteroatoms. The zero-order valence-corrected chi connectivity index (χ0v) is 16.6. The van der Waals surface area contributed by atoms with Crippen molar-refractivity contribution in [3.8, 4) is 11.5 Å². The number of carbonyl (C=O) groups excluding carboxylic acids is 1. The van der Waals surface area contributed by atoms with Gasteiger partial charge < -0.3 is 19.7 Å². The van der Waals surface area contributed by atoms with E-state index in [1.54, 1.807) is 12.1 Å². The van der Waals surface area contributed by atoms with E-state index in [2.05, 4.69) is 34.0 Å². The molecular formula is C22H26F2N2O3.